The van der Waals surface area contributed by atoms with E-state index in [1.54, 1.807) is 24.3 Å². The Morgan fingerprint density at radius 2 is 1.88 bits per heavy atom. The second-order valence-electron chi connectivity index (χ2n) is 3.39. The fraction of sp³-hybridized carbons (Fsp3) is 0.333. The molecule has 0 atom stereocenters. The number of carbonyl (C=O) groups is 2. The maximum Gasteiger partial charge on any atom is 0.170 e. The van der Waals surface area contributed by atoms with Crippen LogP contribution in [-0.4, -0.2) is 25.3 Å². The number of carbonyl (C=O) groups excluding carboxylic acids is 2. The third-order valence-corrected chi connectivity index (χ3v) is 2.36. The lowest BCUT2D eigenvalue weighted by atomic mass is 10.1. The van der Waals surface area contributed by atoms with E-state index >= 15 is 0 Å². The zero-order valence-corrected chi connectivity index (χ0v) is 9.79. The Kier molecular flexibility index (Phi) is 5.15. The van der Waals surface area contributed by atoms with Crippen LogP contribution < -0.4 is 0 Å². The molecule has 1 aromatic rings. The van der Waals surface area contributed by atoms with Crippen LogP contribution >= 0.6 is 11.6 Å². The lowest BCUT2D eigenvalue weighted by molar-refractivity contribution is -0.119. The molecular weight excluding hydrogens is 228 g/mol. The first kappa shape index (κ1) is 12.9. The highest BCUT2D eigenvalue weighted by Gasteiger charge is 2.11. The number of rotatable bonds is 6. The first-order valence-electron chi connectivity index (χ1n) is 4.93. The molecule has 0 aliphatic rings. The van der Waals surface area contributed by atoms with Gasteiger partial charge in [-0.15, -0.1) is 0 Å². The number of halogens is 1. The minimum atomic E-state index is -0.183. The van der Waals surface area contributed by atoms with Crippen LogP contribution in [0.3, 0.4) is 0 Å². The van der Waals surface area contributed by atoms with Crippen LogP contribution in [-0.2, 0) is 9.53 Å². The van der Waals surface area contributed by atoms with Gasteiger partial charge in [-0.25, -0.2) is 0 Å². The summed E-state index contributed by atoms with van der Waals surface area (Å²) in [5, 5.41) is 0.572. The van der Waals surface area contributed by atoms with Crippen LogP contribution in [0.25, 0.3) is 0 Å². The van der Waals surface area contributed by atoms with Gasteiger partial charge in [0.25, 0.3) is 0 Å². The number of hydrogen-bond donors (Lipinski definition) is 0. The monoisotopic (exact) mass is 240 g/mol. The molecule has 0 spiro atoms. The highest BCUT2D eigenvalue weighted by Crippen LogP contribution is 2.11. The molecule has 0 saturated heterocycles. The van der Waals surface area contributed by atoms with Gasteiger partial charge in [0.15, 0.2) is 5.78 Å². The van der Waals surface area contributed by atoms with E-state index in [1.165, 1.54) is 7.11 Å². The van der Waals surface area contributed by atoms with Crippen LogP contribution in [0.2, 0.25) is 5.02 Å². The molecule has 0 aliphatic heterocycles. The fourth-order valence-electron chi connectivity index (χ4n) is 1.22. The van der Waals surface area contributed by atoms with Crippen molar-refractivity contribution in [2.24, 2.45) is 0 Å². The van der Waals surface area contributed by atoms with Crippen LogP contribution in [0.4, 0.5) is 0 Å². The van der Waals surface area contributed by atoms with Crippen LogP contribution in [0.1, 0.15) is 23.2 Å². The Bertz CT molecular complexity index is 370. The summed E-state index contributed by atoms with van der Waals surface area (Å²) in [5.74, 6) is -0.292. The minimum Gasteiger partial charge on any atom is -0.384 e. The summed E-state index contributed by atoms with van der Waals surface area (Å²) in [4.78, 5) is 23.0. The number of methoxy groups -OCH3 is 1. The van der Waals surface area contributed by atoms with E-state index in [2.05, 4.69) is 0 Å². The summed E-state index contributed by atoms with van der Waals surface area (Å²) in [6, 6.07) is 6.51. The van der Waals surface area contributed by atoms with Crippen molar-refractivity contribution in [2.75, 3.05) is 13.7 Å². The van der Waals surface area contributed by atoms with Gasteiger partial charge in [0, 0.05) is 24.1 Å². The molecule has 0 radical (unpaired) electrons. The number of benzene rings is 1. The molecule has 86 valence electrons. The van der Waals surface area contributed by atoms with E-state index in [4.69, 9.17) is 16.3 Å². The van der Waals surface area contributed by atoms with Gasteiger partial charge in [-0.1, -0.05) is 11.6 Å². The molecule has 4 heteroatoms. The van der Waals surface area contributed by atoms with E-state index in [1.807, 2.05) is 0 Å². The third-order valence-electron chi connectivity index (χ3n) is 2.11. The summed E-state index contributed by atoms with van der Waals surface area (Å²) in [6.07, 6.45) is 0.195. The smallest absolute Gasteiger partial charge is 0.170 e. The van der Waals surface area contributed by atoms with Gasteiger partial charge in [0.1, 0.15) is 5.78 Å². The molecule has 3 nitrogen and oxygen atoms in total. The summed E-state index contributed by atoms with van der Waals surface area (Å²) in [6.45, 7) is 0.354. The quantitative estimate of drug-likeness (QED) is 0.567. The molecular formula is C12H13ClO3. The lowest BCUT2D eigenvalue weighted by Crippen LogP contribution is -2.10. The minimum absolute atomic E-state index is 0.0784. The molecule has 0 N–H and O–H groups in total. The molecule has 0 unspecified atom stereocenters. The molecule has 0 fully saturated rings. The summed E-state index contributed by atoms with van der Waals surface area (Å²) >= 11 is 5.70. The largest absolute Gasteiger partial charge is 0.384 e. The first-order chi connectivity index (χ1) is 7.63. The van der Waals surface area contributed by atoms with Crippen LogP contribution in [0, 0.1) is 0 Å². The molecule has 1 rings (SSSR count). The van der Waals surface area contributed by atoms with Crippen molar-refractivity contribution in [3.05, 3.63) is 34.9 Å². The van der Waals surface area contributed by atoms with E-state index < -0.39 is 0 Å². The van der Waals surface area contributed by atoms with Crippen molar-refractivity contribution in [3.63, 3.8) is 0 Å². The van der Waals surface area contributed by atoms with Gasteiger partial charge < -0.3 is 4.74 Å². The van der Waals surface area contributed by atoms with E-state index in [0.717, 1.165) is 0 Å². The van der Waals surface area contributed by atoms with Crippen LogP contribution in [0.15, 0.2) is 24.3 Å². The molecule has 16 heavy (non-hydrogen) atoms. The maximum atomic E-state index is 11.6. The van der Waals surface area contributed by atoms with Gasteiger partial charge >= 0.3 is 0 Å². The van der Waals surface area contributed by atoms with Gasteiger partial charge in [-0.2, -0.15) is 0 Å². The molecule has 0 bridgehead atoms. The highest BCUT2D eigenvalue weighted by molar-refractivity contribution is 6.30. The first-order valence-corrected chi connectivity index (χ1v) is 5.30. The number of ketones is 2. The summed E-state index contributed by atoms with van der Waals surface area (Å²) in [5.41, 5.74) is 0.509. The van der Waals surface area contributed by atoms with Gasteiger partial charge in [0.05, 0.1) is 13.0 Å². The molecule has 0 saturated carbocycles. The standard InChI is InChI=1S/C12H13ClO3/c1-16-7-6-11(14)8-12(15)9-2-4-10(13)5-3-9/h2-5H,6-8H2,1H3. The molecule has 0 aliphatic carbocycles. The van der Waals surface area contributed by atoms with Crippen molar-refractivity contribution in [3.8, 4) is 0 Å². The van der Waals surface area contributed by atoms with Gasteiger partial charge in [-0.3, -0.25) is 9.59 Å². The number of Topliss-reactive ketones (excluding diaryl/α,β-unsaturated/α-hetero) is 2. The Labute approximate surface area is 99.4 Å². The summed E-state index contributed by atoms with van der Waals surface area (Å²) < 4.78 is 4.77. The topological polar surface area (TPSA) is 43.4 Å². The molecule has 0 heterocycles. The highest BCUT2D eigenvalue weighted by atomic mass is 35.5. The normalized spacial score (nSPS) is 10.1. The maximum absolute atomic E-state index is 11.6. The van der Waals surface area contributed by atoms with Gasteiger partial charge in [0.2, 0.25) is 0 Å². The Balaban J connectivity index is 2.52. The average Bonchev–Trinajstić information content (AvgIpc) is 2.27. The average molecular weight is 241 g/mol. The van der Waals surface area contributed by atoms with E-state index in [0.29, 0.717) is 17.2 Å². The molecule has 0 aromatic heterocycles. The van der Waals surface area contributed by atoms with Crippen molar-refractivity contribution in [1.29, 1.82) is 0 Å². The SMILES string of the molecule is COCCC(=O)CC(=O)c1ccc(Cl)cc1. The second kappa shape index (κ2) is 6.40. The van der Waals surface area contributed by atoms with E-state index in [-0.39, 0.29) is 24.4 Å². The van der Waals surface area contributed by atoms with E-state index in [9.17, 15) is 9.59 Å². The predicted molar refractivity (Wildman–Crippen MR) is 61.9 cm³/mol. The molecule has 0 amide bonds. The Hall–Kier alpha value is -1.19. The second-order valence-corrected chi connectivity index (χ2v) is 3.82. The predicted octanol–water partition coefficient (Wildman–Crippen LogP) is 2.52. The van der Waals surface area contributed by atoms with Crippen LogP contribution in [0.5, 0.6) is 0 Å². The third kappa shape index (κ3) is 4.13. The van der Waals surface area contributed by atoms with Crippen molar-refractivity contribution >= 4 is 23.2 Å². The lowest BCUT2D eigenvalue weighted by Gasteiger charge is -2.01. The fourth-order valence-corrected chi connectivity index (χ4v) is 1.35. The zero-order valence-electron chi connectivity index (χ0n) is 9.03. The Morgan fingerprint density at radius 3 is 2.44 bits per heavy atom. The van der Waals surface area contributed by atoms with Crippen molar-refractivity contribution < 1.29 is 14.3 Å². The van der Waals surface area contributed by atoms with Gasteiger partial charge in [-0.05, 0) is 24.3 Å². The van der Waals surface area contributed by atoms with Crippen molar-refractivity contribution in [1.82, 2.24) is 0 Å². The molecule has 1 aromatic carbocycles. The number of ether oxygens (including phenoxy) is 1. The number of hydrogen-bond acceptors (Lipinski definition) is 3. The van der Waals surface area contributed by atoms with Crippen molar-refractivity contribution in [2.45, 2.75) is 12.8 Å². The summed E-state index contributed by atoms with van der Waals surface area (Å²) in [7, 11) is 1.52. The Morgan fingerprint density at radius 1 is 1.25 bits per heavy atom. The zero-order chi connectivity index (χ0) is 12.0.